The predicted molar refractivity (Wildman–Crippen MR) is 66.6 cm³/mol. The van der Waals surface area contributed by atoms with E-state index in [0.717, 1.165) is 6.20 Å². The van der Waals surface area contributed by atoms with E-state index in [0.29, 0.717) is 28.3 Å². The van der Waals surface area contributed by atoms with E-state index in [1.165, 1.54) is 19.2 Å². The number of carbonyl (C=O) groups excluding carboxylic acids is 1. The zero-order valence-corrected chi connectivity index (χ0v) is 10.2. The first-order valence-electron chi connectivity index (χ1n) is 5.09. The van der Waals surface area contributed by atoms with Crippen molar-refractivity contribution in [3.63, 3.8) is 0 Å². The first-order valence-corrected chi connectivity index (χ1v) is 5.47. The molecule has 0 fully saturated rings. The van der Waals surface area contributed by atoms with Crippen molar-refractivity contribution in [1.82, 2.24) is 4.98 Å². The zero-order chi connectivity index (χ0) is 13.1. The molecule has 3 nitrogen and oxygen atoms in total. The van der Waals surface area contributed by atoms with Crippen LogP contribution in [0.4, 0.5) is 4.39 Å². The summed E-state index contributed by atoms with van der Waals surface area (Å²) < 4.78 is 18.6. The predicted octanol–water partition coefficient (Wildman–Crippen LogP) is 3.36. The van der Waals surface area contributed by atoms with Gasteiger partial charge in [-0.3, -0.25) is 4.79 Å². The average molecular weight is 266 g/mol. The highest BCUT2D eigenvalue weighted by Gasteiger charge is 2.09. The molecule has 1 aromatic heterocycles. The number of methoxy groups -OCH3 is 1. The maximum Gasteiger partial charge on any atom is 0.213 e. The molecule has 0 unspecified atom stereocenters. The Kier molecular flexibility index (Phi) is 3.58. The van der Waals surface area contributed by atoms with Crippen LogP contribution in [0.3, 0.4) is 0 Å². The monoisotopic (exact) mass is 265 g/mol. The normalized spacial score (nSPS) is 10.2. The van der Waals surface area contributed by atoms with Gasteiger partial charge in [0.1, 0.15) is 12.1 Å². The number of aldehydes is 1. The van der Waals surface area contributed by atoms with Crippen molar-refractivity contribution >= 4 is 17.9 Å². The van der Waals surface area contributed by atoms with Crippen molar-refractivity contribution in [1.29, 1.82) is 0 Å². The van der Waals surface area contributed by atoms with Crippen LogP contribution in [-0.4, -0.2) is 18.4 Å². The van der Waals surface area contributed by atoms with E-state index in [-0.39, 0.29) is 5.56 Å². The molecule has 0 aliphatic carbocycles. The zero-order valence-electron chi connectivity index (χ0n) is 9.48. The lowest BCUT2D eigenvalue weighted by Crippen LogP contribution is -1.92. The van der Waals surface area contributed by atoms with Gasteiger partial charge in [-0.05, 0) is 23.8 Å². The summed E-state index contributed by atoms with van der Waals surface area (Å²) in [7, 11) is 1.44. The van der Waals surface area contributed by atoms with Gasteiger partial charge in [0.25, 0.3) is 0 Å². The Hall–Kier alpha value is -1.94. The molecule has 0 bridgehead atoms. The minimum absolute atomic E-state index is 0.285. The average Bonchev–Trinajstić information content (AvgIpc) is 2.38. The number of pyridine rings is 1. The van der Waals surface area contributed by atoms with Crippen molar-refractivity contribution in [2.45, 2.75) is 0 Å². The molecule has 1 aromatic carbocycles. The van der Waals surface area contributed by atoms with Crippen molar-refractivity contribution in [2.75, 3.05) is 7.11 Å². The maximum absolute atomic E-state index is 13.7. The Morgan fingerprint density at radius 1 is 1.33 bits per heavy atom. The summed E-state index contributed by atoms with van der Waals surface area (Å²) in [5, 5.41) is 0.366. The quantitative estimate of drug-likeness (QED) is 0.799. The molecule has 0 radical (unpaired) electrons. The summed E-state index contributed by atoms with van der Waals surface area (Å²) in [5.41, 5.74) is 1.17. The molecule has 0 aliphatic heterocycles. The lowest BCUT2D eigenvalue weighted by atomic mass is 10.0. The highest BCUT2D eigenvalue weighted by molar-refractivity contribution is 6.31. The topological polar surface area (TPSA) is 39.2 Å². The fraction of sp³-hybridized carbons (Fsp3) is 0.0769. The Labute approximate surface area is 108 Å². The minimum Gasteiger partial charge on any atom is -0.481 e. The molecule has 5 heteroatoms. The third-order valence-corrected chi connectivity index (χ3v) is 2.62. The number of halogens is 2. The molecule has 0 atom stereocenters. The second-order valence-corrected chi connectivity index (χ2v) is 4.03. The Balaban J connectivity index is 2.60. The van der Waals surface area contributed by atoms with Crippen LogP contribution in [0.1, 0.15) is 10.4 Å². The van der Waals surface area contributed by atoms with Crippen molar-refractivity contribution in [3.05, 3.63) is 46.9 Å². The smallest absolute Gasteiger partial charge is 0.213 e. The minimum atomic E-state index is -0.505. The number of ether oxygens (including phenoxy) is 1. The third kappa shape index (κ3) is 2.49. The molecule has 18 heavy (non-hydrogen) atoms. The Morgan fingerprint density at radius 3 is 2.78 bits per heavy atom. The van der Waals surface area contributed by atoms with Gasteiger partial charge in [-0.25, -0.2) is 9.37 Å². The number of benzene rings is 1. The molecule has 1 heterocycles. The van der Waals surface area contributed by atoms with E-state index in [2.05, 4.69) is 4.98 Å². The van der Waals surface area contributed by atoms with Gasteiger partial charge in [-0.2, -0.15) is 0 Å². The summed E-state index contributed by atoms with van der Waals surface area (Å²) >= 11 is 5.88. The van der Waals surface area contributed by atoms with E-state index < -0.39 is 5.82 Å². The first-order chi connectivity index (χ1) is 8.63. The van der Waals surface area contributed by atoms with Crippen LogP contribution in [0.2, 0.25) is 5.02 Å². The van der Waals surface area contributed by atoms with Crippen LogP contribution in [0, 0.1) is 5.82 Å². The molecule has 0 amide bonds. The number of rotatable bonds is 3. The largest absolute Gasteiger partial charge is 0.481 e. The Bertz CT molecular complexity index is 602. The molecule has 0 saturated heterocycles. The fourth-order valence-corrected chi connectivity index (χ4v) is 1.83. The first kappa shape index (κ1) is 12.5. The summed E-state index contributed by atoms with van der Waals surface area (Å²) in [6.45, 7) is 0. The molecule has 0 aliphatic rings. The van der Waals surface area contributed by atoms with Crippen molar-refractivity contribution in [2.24, 2.45) is 0 Å². The number of carbonyl (C=O) groups is 1. The Morgan fingerprint density at radius 2 is 2.11 bits per heavy atom. The molecular weight excluding hydrogens is 257 g/mol. The highest BCUT2D eigenvalue weighted by Crippen LogP contribution is 2.28. The van der Waals surface area contributed by atoms with Crippen molar-refractivity contribution in [3.8, 4) is 17.0 Å². The third-order valence-electron chi connectivity index (χ3n) is 2.41. The van der Waals surface area contributed by atoms with Gasteiger partial charge in [0.2, 0.25) is 5.88 Å². The summed E-state index contributed by atoms with van der Waals surface area (Å²) in [6, 6.07) is 6.09. The lowest BCUT2D eigenvalue weighted by Gasteiger charge is -2.07. The van der Waals surface area contributed by atoms with E-state index in [9.17, 15) is 9.18 Å². The molecule has 0 spiro atoms. The van der Waals surface area contributed by atoms with Gasteiger partial charge < -0.3 is 4.74 Å². The lowest BCUT2D eigenvalue weighted by molar-refractivity contribution is 0.112. The van der Waals surface area contributed by atoms with Gasteiger partial charge in [0, 0.05) is 22.2 Å². The summed E-state index contributed by atoms with van der Waals surface area (Å²) in [5.74, 6) is -0.214. The van der Waals surface area contributed by atoms with Gasteiger partial charge >= 0.3 is 0 Å². The van der Waals surface area contributed by atoms with Crippen LogP contribution in [0.5, 0.6) is 5.88 Å². The van der Waals surface area contributed by atoms with Crippen LogP contribution < -0.4 is 4.74 Å². The molecular formula is C13H9ClFNO2. The fourth-order valence-electron chi connectivity index (χ4n) is 1.59. The summed E-state index contributed by atoms with van der Waals surface area (Å²) in [4.78, 5) is 14.5. The number of aromatic nitrogens is 1. The second kappa shape index (κ2) is 5.14. The second-order valence-electron chi connectivity index (χ2n) is 3.60. The number of hydrogen-bond donors (Lipinski definition) is 0. The number of nitrogens with zero attached hydrogens (tertiary/aromatic N) is 1. The SMILES string of the molecule is COc1cc(-c2cc(Cl)cc(C=O)c2)c(F)cn1. The molecule has 0 saturated carbocycles. The molecule has 2 rings (SSSR count). The standard InChI is InChI=1S/C13H9ClFNO2/c1-18-13-5-11(12(15)6-16-13)9-2-8(7-17)3-10(14)4-9/h2-7H,1H3. The van der Waals surface area contributed by atoms with E-state index in [4.69, 9.17) is 16.3 Å². The summed E-state index contributed by atoms with van der Waals surface area (Å²) in [6.07, 6.45) is 1.72. The molecule has 92 valence electrons. The van der Waals surface area contributed by atoms with Crippen LogP contribution in [0.25, 0.3) is 11.1 Å². The van der Waals surface area contributed by atoms with Crippen LogP contribution in [-0.2, 0) is 0 Å². The van der Waals surface area contributed by atoms with E-state index in [1.54, 1.807) is 12.1 Å². The molecule has 0 N–H and O–H groups in total. The van der Waals surface area contributed by atoms with Crippen LogP contribution >= 0.6 is 11.6 Å². The highest BCUT2D eigenvalue weighted by atomic mass is 35.5. The van der Waals surface area contributed by atoms with Crippen molar-refractivity contribution < 1.29 is 13.9 Å². The maximum atomic E-state index is 13.7. The van der Waals surface area contributed by atoms with Gasteiger partial charge in [0.05, 0.1) is 13.3 Å². The van der Waals surface area contributed by atoms with E-state index in [1.807, 2.05) is 0 Å². The molecule has 2 aromatic rings. The van der Waals surface area contributed by atoms with Gasteiger partial charge in [-0.1, -0.05) is 11.6 Å². The van der Waals surface area contributed by atoms with Crippen LogP contribution in [0.15, 0.2) is 30.5 Å². The van der Waals surface area contributed by atoms with Gasteiger partial charge in [-0.15, -0.1) is 0 Å². The number of hydrogen-bond acceptors (Lipinski definition) is 3. The van der Waals surface area contributed by atoms with Gasteiger partial charge in [0.15, 0.2) is 0 Å². The van der Waals surface area contributed by atoms with E-state index >= 15 is 0 Å².